The molecule has 0 radical (unpaired) electrons. The number of anilines is 1. The van der Waals surface area contributed by atoms with Gasteiger partial charge in [-0.05, 0) is 49.7 Å². The summed E-state index contributed by atoms with van der Waals surface area (Å²) in [6.45, 7) is 3.61. The summed E-state index contributed by atoms with van der Waals surface area (Å²) in [5.74, 6) is 0. The molecule has 5 heteroatoms. The first-order valence-electron chi connectivity index (χ1n) is 8.49. The number of hydrogen-bond donors (Lipinski definition) is 2. The molecule has 0 saturated carbocycles. The molecule has 0 aromatic carbocycles. The fourth-order valence-electron chi connectivity index (χ4n) is 3.06. The third-order valence-electron chi connectivity index (χ3n) is 4.24. The van der Waals surface area contributed by atoms with Crippen LogP contribution in [0.1, 0.15) is 67.4 Å². The number of nitrogens with zero attached hydrogens (tertiary/aromatic N) is 1. The zero-order valence-corrected chi connectivity index (χ0v) is 15.3. The Balaban J connectivity index is 2.21. The summed E-state index contributed by atoms with van der Waals surface area (Å²) in [5, 5.41) is 17.0. The van der Waals surface area contributed by atoms with Crippen molar-refractivity contribution in [2.24, 2.45) is 0 Å². The second-order valence-corrected chi connectivity index (χ2v) is 7.46. The third-order valence-corrected chi connectivity index (χ3v) is 5.67. The van der Waals surface area contributed by atoms with Gasteiger partial charge < -0.3 is 10.6 Å². The van der Waals surface area contributed by atoms with E-state index in [0.29, 0.717) is 5.11 Å². The number of thiocarbonyl (C=S) groups is 1. The topological polar surface area (TPSA) is 47.8 Å². The predicted octanol–water partition coefficient (Wildman–Crippen LogP) is 5.27. The van der Waals surface area contributed by atoms with Crippen LogP contribution in [0.15, 0.2) is 12.8 Å². The smallest absolute Gasteiger partial charge is 0.175 e. The van der Waals surface area contributed by atoms with Gasteiger partial charge in [-0.15, -0.1) is 11.3 Å². The molecule has 23 heavy (non-hydrogen) atoms. The standard InChI is InChI=1S/C18H25N3S2/c1-2-20-18(22)21-17-15(13-19)14-11-9-7-5-3-4-6-8-10-12-16(14)23-17/h2H,1,3-12H2,(H2,20,21,22). The van der Waals surface area contributed by atoms with Gasteiger partial charge in [-0.3, -0.25) is 0 Å². The molecule has 0 saturated heterocycles. The van der Waals surface area contributed by atoms with E-state index in [4.69, 9.17) is 12.2 Å². The van der Waals surface area contributed by atoms with Crippen molar-refractivity contribution in [2.75, 3.05) is 5.32 Å². The van der Waals surface area contributed by atoms with E-state index in [-0.39, 0.29) is 0 Å². The van der Waals surface area contributed by atoms with Gasteiger partial charge in [0.15, 0.2) is 5.11 Å². The third kappa shape index (κ3) is 5.33. The molecule has 1 heterocycles. The molecule has 124 valence electrons. The highest BCUT2D eigenvalue weighted by Crippen LogP contribution is 2.35. The Morgan fingerprint density at radius 3 is 2.30 bits per heavy atom. The zero-order valence-electron chi connectivity index (χ0n) is 13.6. The van der Waals surface area contributed by atoms with Crippen LogP contribution in [0.2, 0.25) is 0 Å². The van der Waals surface area contributed by atoms with E-state index in [1.165, 1.54) is 61.8 Å². The van der Waals surface area contributed by atoms with Crippen LogP contribution in [0.4, 0.5) is 5.00 Å². The first kappa shape index (κ1) is 18.0. The molecule has 1 aliphatic rings. The molecular weight excluding hydrogens is 322 g/mol. The second-order valence-electron chi connectivity index (χ2n) is 5.95. The molecule has 0 aliphatic heterocycles. The highest BCUT2D eigenvalue weighted by molar-refractivity contribution is 7.80. The molecule has 0 spiro atoms. The number of thiophene rings is 1. The lowest BCUT2D eigenvalue weighted by molar-refractivity contribution is 0.561. The van der Waals surface area contributed by atoms with Crippen molar-refractivity contribution >= 4 is 33.7 Å². The molecule has 3 nitrogen and oxygen atoms in total. The molecule has 0 fully saturated rings. The van der Waals surface area contributed by atoms with E-state index < -0.39 is 0 Å². The van der Waals surface area contributed by atoms with Gasteiger partial charge >= 0.3 is 0 Å². The van der Waals surface area contributed by atoms with Gasteiger partial charge in [0.1, 0.15) is 11.1 Å². The molecule has 1 aliphatic carbocycles. The maximum Gasteiger partial charge on any atom is 0.175 e. The van der Waals surface area contributed by atoms with Crippen molar-refractivity contribution in [1.29, 1.82) is 5.26 Å². The van der Waals surface area contributed by atoms with Crippen LogP contribution in [0.5, 0.6) is 0 Å². The fourth-order valence-corrected chi connectivity index (χ4v) is 4.56. The van der Waals surface area contributed by atoms with Gasteiger partial charge in [0, 0.05) is 4.88 Å². The average molecular weight is 348 g/mol. The van der Waals surface area contributed by atoms with Crippen molar-refractivity contribution in [2.45, 2.75) is 64.2 Å². The van der Waals surface area contributed by atoms with E-state index in [9.17, 15) is 5.26 Å². The highest BCUT2D eigenvalue weighted by atomic mass is 32.1. The van der Waals surface area contributed by atoms with E-state index in [1.54, 1.807) is 17.5 Å². The largest absolute Gasteiger partial charge is 0.340 e. The minimum absolute atomic E-state index is 0.494. The number of fused-ring (bicyclic) bond motifs is 1. The van der Waals surface area contributed by atoms with E-state index in [1.807, 2.05) is 0 Å². The van der Waals surface area contributed by atoms with Gasteiger partial charge in [0.05, 0.1) is 5.56 Å². The maximum atomic E-state index is 9.63. The molecule has 0 amide bonds. The summed E-state index contributed by atoms with van der Waals surface area (Å²) in [4.78, 5) is 1.37. The number of nitriles is 1. The summed E-state index contributed by atoms with van der Waals surface area (Å²) in [6, 6.07) is 2.40. The fraction of sp³-hybridized carbons (Fsp3) is 0.556. The SMILES string of the molecule is C=CNC(=S)Nc1sc2c(c1C#N)CCCCCCCCCC2. The molecule has 1 aromatic heterocycles. The molecule has 0 atom stereocenters. The Labute approximate surface area is 148 Å². The number of nitrogens with one attached hydrogen (secondary N) is 2. The Hall–Kier alpha value is -1.38. The lowest BCUT2D eigenvalue weighted by atomic mass is 9.98. The molecule has 1 aromatic rings. The van der Waals surface area contributed by atoms with Gasteiger partial charge in [-0.25, -0.2) is 0 Å². The molecule has 0 unspecified atom stereocenters. The van der Waals surface area contributed by atoms with Crippen LogP contribution in [0.25, 0.3) is 0 Å². The number of rotatable bonds is 2. The van der Waals surface area contributed by atoms with Crippen molar-refractivity contribution in [3.8, 4) is 6.07 Å². The van der Waals surface area contributed by atoms with E-state index >= 15 is 0 Å². The van der Waals surface area contributed by atoms with Crippen LogP contribution in [-0.2, 0) is 12.8 Å². The monoisotopic (exact) mass is 347 g/mol. The zero-order chi connectivity index (χ0) is 16.5. The van der Waals surface area contributed by atoms with Gasteiger partial charge in [0.2, 0.25) is 0 Å². The van der Waals surface area contributed by atoms with Crippen LogP contribution in [-0.4, -0.2) is 5.11 Å². The van der Waals surface area contributed by atoms with Crippen LogP contribution in [0.3, 0.4) is 0 Å². The summed E-state index contributed by atoms with van der Waals surface area (Å²) in [5.41, 5.74) is 2.04. The lowest BCUT2D eigenvalue weighted by Crippen LogP contribution is -2.23. The Morgan fingerprint density at radius 1 is 1.09 bits per heavy atom. The average Bonchev–Trinajstić information content (AvgIpc) is 2.84. The quantitative estimate of drug-likeness (QED) is 0.716. The first-order valence-corrected chi connectivity index (χ1v) is 9.71. The van der Waals surface area contributed by atoms with Crippen molar-refractivity contribution in [3.63, 3.8) is 0 Å². The summed E-state index contributed by atoms with van der Waals surface area (Å²) < 4.78 is 0. The second kappa shape index (κ2) is 9.69. The molecule has 0 bridgehead atoms. The highest BCUT2D eigenvalue weighted by Gasteiger charge is 2.18. The Morgan fingerprint density at radius 2 is 1.70 bits per heavy atom. The number of aryl methyl sites for hydroxylation is 1. The summed E-state index contributed by atoms with van der Waals surface area (Å²) in [6.07, 6.45) is 14.0. The number of hydrogen-bond acceptors (Lipinski definition) is 3. The van der Waals surface area contributed by atoms with Gasteiger partial charge in [-0.2, -0.15) is 5.26 Å². The van der Waals surface area contributed by atoms with Gasteiger partial charge in [-0.1, -0.05) is 45.1 Å². The van der Waals surface area contributed by atoms with E-state index in [2.05, 4.69) is 23.3 Å². The minimum Gasteiger partial charge on any atom is -0.340 e. The molecule has 2 rings (SSSR count). The van der Waals surface area contributed by atoms with E-state index in [0.717, 1.165) is 23.4 Å². The maximum absolute atomic E-state index is 9.63. The Kier molecular flexibility index (Phi) is 7.57. The molecular formula is C18H25N3S2. The summed E-state index contributed by atoms with van der Waals surface area (Å²) >= 11 is 6.92. The van der Waals surface area contributed by atoms with Crippen molar-refractivity contribution in [1.82, 2.24) is 5.32 Å². The normalized spacial score (nSPS) is 16.1. The van der Waals surface area contributed by atoms with Crippen molar-refractivity contribution < 1.29 is 0 Å². The first-order chi connectivity index (χ1) is 11.3. The Bertz CT molecular complexity index is 584. The lowest BCUT2D eigenvalue weighted by Gasteiger charge is -2.08. The van der Waals surface area contributed by atoms with Crippen LogP contribution in [0, 0.1) is 11.3 Å². The van der Waals surface area contributed by atoms with Crippen LogP contribution >= 0.6 is 23.6 Å². The minimum atomic E-state index is 0.494. The van der Waals surface area contributed by atoms with Gasteiger partial charge in [0.25, 0.3) is 0 Å². The predicted molar refractivity (Wildman–Crippen MR) is 103 cm³/mol. The summed E-state index contributed by atoms with van der Waals surface area (Å²) in [7, 11) is 0. The molecule has 2 N–H and O–H groups in total. The van der Waals surface area contributed by atoms with Crippen LogP contribution < -0.4 is 10.6 Å². The van der Waals surface area contributed by atoms with Crippen molar-refractivity contribution in [3.05, 3.63) is 28.8 Å².